The predicted octanol–water partition coefficient (Wildman–Crippen LogP) is 3.10. The number of allylic oxidation sites excluding steroid dienone is 2. The van der Waals surface area contributed by atoms with E-state index in [1.165, 1.54) is 24.8 Å². The minimum atomic E-state index is -0.0667. The summed E-state index contributed by atoms with van der Waals surface area (Å²) in [5, 5.41) is 0. The third-order valence-electron chi connectivity index (χ3n) is 4.89. The molecule has 0 unspecified atom stereocenters. The van der Waals surface area contributed by atoms with Crippen LogP contribution < -0.4 is 0 Å². The lowest BCUT2D eigenvalue weighted by molar-refractivity contribution is -0.135. The van der Waals surface area contributed by atoms with Gasteiger partial charge in [0.25, 0.3) is 0 Å². The Bertz CT molecular complexity index is 394. The van der Waals surface area contributed by atoms with Crippen molar-refractivity contribution in [1.82, 2.24) is 0 Å². The smallest absolute Gasteiger partial charge is 0.334 e. The van der Waals surface area contributed by atoms with E-state index < -0.39 is 0 Å². The first-order chi connectivity index (χ1) is 8.18. The van der Waals surface area contributed by atoms with Crippen molar-refractivity contribution in [2.45, 2.75) is 32.6 Å². The van der Waals surface area contributed by atoms with Crippen LogP contribution in [0.15, 0.2) is 23.8 Å². The van der Waals surface area contributed by atoms with E-state index in [0.717, 1.165) is 17.9 Å². The van der Waals surface area contributed by atoms with Gasteiger partial charge in [-0.15, -0.1) is 0 Å². The van der Waals surface area contributed by atoms with Gasteiger partial charge in [-0.05, 0) is 50.4 Å². The first kappa shape index (κ1) is 11.1. The van der Waals surface area contributed by atoms with Crippen molar-refractivity contribution in [2.24, 2.45) is 23.7 Å². The maximum absolute atomic E-state index is 11.7. The maximum Gasteiger partial charge on any atom is 0.334 e. The molecule has 2 nitrogen and oxygen atoms in total. The van der Waals surface area contributed by atoms with E-state index in [0.29, 0.717) is 24.4 Å². The number of ether oxygens (including phenoxy) is 1. The molecule has 3 aliphatic rings. The van der Waals surface area contributed by atoms with Crippen molar-refractivity contribution in [3.05, 3.63) is 23.8 Å². The number of hydrogen-bond donors (Lipinski definition) is 0. The van der Waals surface area contributed by atoms with Crippen LogP contribution in [0.25, 0.3) is 0 Å². The van der Waals surface area contributed by atoms with Crippen molar-refractivity contribution in [2.75, 3.05) is 6.61 Å². The highest BCUT2D eigenvalue weighted by Crippen LogP contribution is 2.51. The molecule has 0 spiro atoms. The van der Waals surface area contributed by atoms with E-state index in [4.69, 9.17) is 4.74 Å². The molecule has 92 valence electrons. The number of rotatable bonds is 1. The summed E-state index contributed by atoms with van der Waals surface area (Å²) in [6.45, 7) is 6.89. The van der Waals surface area contributed by atoms with Gasteiger partial charge in [0, 0.05) is 11.5 Å². The minimum Gasteiger partial charge on any atom is -0.462 e. The van der Waals surface area contributed by atoms with Crippen LogP contribution >= 0.6 is 0 Å². The first-order valence-electron chi connectivity index (χ1n) is 6.71. The molecule has 1 saturated carbocycles. The maximum atomic E-state index is 11.7. The van der Waals surface area contributed by atoms with Gasteiger partial charge in [0.2, 0.25) is 0 Å². The molecule has 4 atom stereocenters. The van der Waals surface area contributed by atoms with Gasteiger partial charge >= 0.3 is 5.97 Å². The quantitative estimate of drug-likeness (QED) is 0.513. The molecule has 0 N–H and O–H groups in total. The Hall–Kier alpha value is -1.05. The van der Waals surface area contributed by atoms with Gasteiger partial charge in [-0.1, -0.05) is 18.2 Å². The average Bonchev–Trinajstić information content (AvgIpc) is 2.80. The van der Waals surface area contributed by atoms with Crippen molar-refractivity contribution >= 4 is 5.97 Å². The Balaban J connectivity index is 1.95. The summed E-state index contributed by atoms with van der Waals surface area (Å²) in [5.41, 5.74) is 2.25. The van der Waals surface area contributed by atoms with Crippen molar-refractivity contribution < 1.29 is 9.53 Å². The molecule has 0 bridgehead atoms. The summed E-state index contributed by atoms with van der Waals surface area (Å²) in [6.07, 6.45) is 6.97. The highest BCUT2D eigenvalue weighted by atomic mass is 16.5. The molecule has 1 saturated heterocycles. The number of hydrogen-bond acceptors (Lipinski definition) is 2. The molecular weight excluding hydrogens is 212 g/mol. The molecule has 17 heavy (non-hydrogen) atoms. The normalized spacial score (nSPS) is 40.1. The zero-order valence-corrected chi connectivity index (χ0v) is 10.4. The van der Waals surface area contributed by atoms with E-state index in [9.17, 15) is 4.79 Å². The Morgan fingerprint density at radius 2 is 2.24 bits per heavy atom. The molecule has 0 aromatic rings. The number of carbonyl (C=O) groups is 1. The van der Waals surface area contributed by atoms with Crippen LogP contribution in [0.4, 0.5) is 0 Å². The fourth-order valence-corrected chi connectivity index (χ4v) is 4.12. The molecule has 0 radical (unpaired) electrons. The first-order valence-corrected chi connectivity index (χ1v) is 6.71. The second-order valence-corrected chi connectivity index (χ2v) is 5.81. The second-order valence-electron chi connectivity index (χ2n) is 5.81. The van der Waals surface area contributed by atoms with E-state index in [1.54, 1.807) is 0 Å². The molecule has 1 heterocycles. The predicted molar refractivity (Wildman–Crippen MR) is 66.3 cm³/mol. The van der Waals surface area contributed by atoms with Gasteiger partial charge in [-0.3, -0.25) is 0 Å². The van der Waals surface area contributed by atoms with Crippen LogP contribution in [0.2, 0.25) is 0 Å². The summed E-state index contributed by atoms with van der Waals surface area (Å²) < 4.78 is 5.25. The van der Waals surface area contributed by atoms with Crippen LogP contribution in [0.1, 0.15) is 32.6 Å². The van der Waals surface area contributed by atoms with Crippen molar-refractivity contribution in [3.63, 3.8) is 0 Å². The summed E-state index contributed by atoms with van der Waals surface area (Å²) in [7, 11) is 0. The molecule has 2 fully saturated rings. The fourth-order valence-electron chi connectivity index (χ4n) is 4.12. The van der Waals surface area contributed by atoms with Gasteiger partial charge < -0.3 is 4.74 Å². The highest BCUT2D eigenvalue weighted by Gasteiger charge is 2.47. The molecule has 0 aromatic heterocycles. The molecule has 0 aromatic carbocycles. The topological polar surface area (TPSA) is 26.3 Å². The standard InChI is InChI=1S/C15H20O2/c1-9(2)11-7-6-10-4-3-5-12-13(14(10)11)8-17-15(12)16/h5,10-11,13-14H,1,3-4,6-8H2,2H3/t10-,11-,13-,14+/m1/s1. The van der Waals surface area contributed by atoms with E-state index in [-0.39, 0.29) is 5.97 Å². The molecular formula is C15H20O2. The largest absolute Gasteiger partial charge is 0.462 e. The molecule has 1 aliphatic heterocycles. The van der Waals surface area contributed by atoms with Crippen LogP contribution in [0, 0.1) is 23.7 Å². The number of fused-ring (bicyclic) bond motifs is 3. The van der Waals surface area contributed by atoms with Gasteiger partial charge in [-0.2, -0.15) is 0 Å². The molecule has 2 aliphatic carbocycles. The summed E-state index contributed by atoms with van der Waals surface area (Å²) in [6, 6.07) is 0. The van der Waals surface area contributed by atoms with Gasteiger partial charge in [0.15, 0.2) is 0 Å². The molecule has 0 amide bonds. The highest BCUT2D eigenvalue weighted by molar-refractivity contribution is 5.91. The van der Waals surface area contributed by atoms with E-state index in [2.05, 4.69) is 19.6 Å². The van der Waals surface area contributed by atoms with Crippen LogP contribution in [0.5, 0.6) is 0 Å². The zero-order valence-electron chi connectivity index (χ0n) is 10.4. The summed E-state index contributed by atoms with van der Waals surface area (Å²) in [4.78, 5) is 11.7. The number of esters is 1. The Morgan fingerprint density at radius 1 is 1.41 bits per heavy atom. The third-order valence-corrected chi connectivity index (χ3v) is 4.89. The SMILES string of the molecule is C=C(C)[C@H]1CC[C@H]2CCC=C3C(=O)OC[C@H]3[C@@H]21. The molecule has 2 heteroatoms. The lowest BCUT2D eigenvalue weighted by Crippen LogP contribution is -2.25. The Labute approximate surface area is 103 Å². The minimum absolute atomic E-state index is 0.0667. The van der Waals surface area contributed by atoms with Crippen molar-refractivity contribution in [3.8, 4) is 0 Å². The number of carbonyl (C=O) groups excluding carboxylic acids is 1. The average molecular weight is 232 g/mol. The Morgan fingerprint density at radius 3 is 3.00 bits per heavy atom. The summed E-state index contributed by atoms with van der Waals surface area (Å²) >= 11 is 0. The Kier molecular flexibility index (Phi) is 2.61. The lowest BCUT2D eigenvalue weighted by atomic mass is 9.75. The zero-order chi connectivity index (χ0) is 12.0. The van der Waals surface area contributed by atoms with E-state index >= 15 is 0 Å². The van der Waals surface area contributed by atoms with Crippen molar-refractivity contribution in [1.29, 1.82) is 0 Å². The van der Waals surface area contributed by atoms with Gasteiger partial charge in [-0.25, -0.2) is 4.79 Å². The van der Waals surface area contributed by atoms with E-state index in [1.807, 2.05) is 0 Å². The second kappa shape index (κ2) is 4.01. The third kappa shape index (κ3) is 1.65. The van der Waals surface area contributed by atoms with Gasteiger partial charge in [0.1, 0.15) is 0 Å². The van der Waals surface area contributed by atoms with Gasteiger partial charge in [0.05, 0.1) is 6.61 Å². The molecule has 3 rings (SSSR count). The monoisotopic (exact) mass is 232 g/mol. The van der Waals surface area contributed by atoms with Crippen LogP contribution in [-0.4, -0.2) is 12.6 Å². The van der Waals surface area contributed by atoms with Crippen LogP contribution in [-0.2, 0) is 9.53 Å². The number of cyclic esters (lactones) is 1. The van der Waals surface area contributed by atoms with Crippen LogP contribution in [0.3, 0.4) is 0 Å². The summed E-state index contributed by atoms with van der Waals surface area (Å²) in [5.74, 6) is 2.25. The fraction of sp³-hybridized carbons (Fsp3) is 0.667. The lowest BCUT2D eigenvalue weighted by Gasteiger charge is -2.28.